The number of alkyl halides is 1. The second kappa shape index (κ2) is 12.4. The summed E-state index contributed by atoms with van der Waals surface area (Å²) in [5.41, 5.74) is 2.43. The molecule has 2 fully saturated rings. The highest BCUT2D eigenvalue weighted by Crippen LogP contribution is 2.39. The molecule has 1 aromatic heterocycles. The summed E-state index contributed by atoms with van der Waals surface area (Å²) in [7, 11) is 0. The fraction of sp³-hybridized carbons (Fsp3) is 0.485. The van der Waals surface area contributed by atoms with Crippen LogP contribution in [-0.2, 0) is 20.7 Å². The molecule has 212 valence electrons. The van der Waals surface area contributed by atoms with E-state index in [0.717, 1.165) is 48.6 Å². The maximum absolute atomic E-state index is 14.0. The van der Waals surface area contributed by atoms with Crippen molar-refractivity contribution in [1.82, 2.24) is 4.90 Å². The molecule has 1 saturated carbocycles. The van der Waals surface area contributed by atoms with Crippen LogP contribution in [-0.4, -0.2) is 48.4 Å². The number of benzene rings is 2. The summed E-state index contributed by atoms with van der Waals surface area (Å²) in [4.78, 5) is 41.7. The van der Waals surface area contributed by atoms with Crippen LogP contribution in [0.5, 0.6) is 0 Å². The number of hydrogen-bond donors (Lipinski definition) is 0. The molecule has 2 aromatic carbocycles. The average Bonchev–Trinajstić information content (AvgIpc) is 3.62. The minimum Gasteiger partial charge on any atom is -0.460 e. The summed E-state index contributed by atoms with van der Waals surface area (Å²) in [6.45, 7) is 4.18. The van der Waals surface area contributed by atoms with E-state index >= 15 is 0 Å². The fourth-order valence-electron chi connectivity index (χ4n) is 6.59. The Bertz CT molecular complexity index is 1340. The number of esters is 1. The number of amides is 1. The van der Waals surface area contributed by atoms with E-state index in [1.165, 1.54) is 0 Å². The van der Waals surface area contributed by atoms with Gasteiger partial charge in [0.1, 0.15) is 5.58 Å². The van der Waals surface area contributed by atoms with Gasteiger partial charge in [0.15, 0.2) is 5.78 Å². The molecule has 6 nitrogen and oxygen atoms in total. The van der Waals surface area contributed by atoms with E-state index in [-0.39, 0.29) is 54.9 Å². The van der Waals surface area contributed by atoms with Gasteiger partial charge >= 0.3 is 5.97 Å². The second-order valence-electron chi connectivity index (χ2n) is 11.4. The Morgan fingerprint density at radius 1 is 1.02 bits per heavy atom. The van der Waals surface area contributed by atoms with E-state index in [9.17, 15) is 18.8 Å². The molecule has 40 heavy (non-hydrogen) atoms. The zero-order chi connectivity index (χ0) is 28.2. The van der Waals surface area contributed by atoms with Crippen LogP contribution >= 0.6 is 0 Å². The van der Waals surface area contributed by atoms with Crippen molar-refractivity contribution in [2.45, 2.75) is 64.3 Å². The molecule has 0 spiro atoms. The van der Waals surface area contributed by atoms with Crippen LogP contribution in [0.15, 0.2) is 59.0 Å². The molecule has 0 bridgehead atoms. The van der Waals surface area contributed by atoms with Crippen molar-refractivity contribution in [3.8, 4) is 0 Å². The predicted molar refractivity (Wildman–Crippen MR) is 151 cm³/mol. The maximum atomic E-state index is 14.0. The highest BCUT2D eigenvalue weighted by molar-refractivity contribution is 5.95. The third kappa shape index (κ3) is 5.84. The third-order valence-corrected chi connectivity index (χ3v) is 8.84. The predicted octanol–water partition coefficient (Wildman–Crippen LogP) is 6.52. The highest BCUT2D eigenvalue weighted by atomic mass is 19.1. The normalized spacial score (nSPS) is 23.7. The van der Waals surface area contributed by atoms with Crippen molar-refractivity contribution in [3.63, 3.8) is 0 Å². The number of ketones is 1. The molecule has 2 heterocycles. The van der Waals surface area contributed by atoms with Gasteiger partial charge in [0.25, 0.3) is 0 Å². The number of likely N-dealkylation sites (tertiary alicyclic amines) is 1. The van der Waals surface area contributed by atoms with Gasteiger partial charge in [0.05, 0.1) is 19.3 Å². The lowest BCUT2D eigenvalue weighted by molar-refractivity contribution is -0.142. The lowest BCUT2D eigenvalue weighted by Gasteiger charge is -2.35. The molecule has 1 saturated heterocycles. The minimum atomic E-state index is -0.535. The van der Waals surface area contributed by atoms with Crippen molar-refractivity contribution in [3.05, 3.63) is 71.5 Å². The van der Waals surface area contributed by atoms with Crippen molar-refractivity contribution in [1.29, 1.82) is 0 Å². The van der Waals surface area contributed by atoms with E-state index in [2.05, 4.69) is 0 Å². The van der Waals surface area contributed by atoms with Crippen LogP contribution < -0.4 is 0 Å². The Morgan fingerprint density at radius 2 is 1.77 bits per heavy atom. The first-order chi connectivity index (χ1) is 19.4. The smallest absolute Gasteiger partial charge is 0.374 e. The van der Waals surface area contributed by atoms with Gasteiger partial charge < -0.3 is 14.1 Å². The Morgan fingerprint density at radius 3 is 2.48 bits per heavy atom. The number of fused-ring (bicyclic) bond motifs is 1. The molecule has 5 rings (SSSR count). The number of ether oxygens (including phenoxy) is 1. The first-order valence-corrected chi connectivity index (χ1v) is 14.5. The van der Waals surface area contributed by atoms with Crippen molar-refractivity contribution in [2.75, 3.05) is 19.8 Å². The monoisotopic (exact) mass is 547 g/mol. The highest BCUT2D eigenvalue weighted by Gasteiger charge is 2.44. The molecule has 1 aliphatic heterocycles. The number of nitrogens with zero attached hydrogens (tertiary/aromatic N) is 1. The zero-order valence-electron chi connectivity index (χ0n) is 23.3. The molecule has 3 atom stereocenters. The molecule has 7 heteroatoms. The fourth-order valence-corrected chi connectivity index (χ4v) is 6.59. The number of carbonyl (C=O) groups excluding carboxylic acids is 3. The molecule has 0 N–H and O–H groups in total. The van der Waals surface area contributed by atoms with E-state index in [1.807, 2.05) is 54.3 Å². The van der Waals surface area contributed by atoms with Crippen LogP contribution in [0.2, 0.25) is 0 Å². The lowest BCUT2D eigenvalue weighted by atomic mass is 9.76. The number of carbonyl (C=O) groups is 3. The van der Waals surface area contributed by atoms with E-state index in [0.29, 0.717) is 18.0 Å². The van der Waals surface area contributed by atoms with Gasteiger partial charge in [-0.25, -0.2) is 4.79 Å². The van der Waals surface area contributed by atoms with Crippen molar-refractivity contribution in [2.24, 2.45) is 17.8 Å². The van der Waals surface area contributed by atoms with Crippen LogP contribution in [0.3, 0.4) is 0 Å². The third-order valence-electron chi connectivity index (χ3n) is 8.84. The molecule has 0 radical (unpaired) electrons. The van der Waals surface area contributed by atoms with Crippen LogP contribution in [0.4, 0.5) is 4.39 Å². The Hall–Kier alpha value is -3.48. The average molecular weight is 548 g/mol. The number of Topliss-reactive ketones (excluding diaryl/α,β-unsaturated/α-hetero) is 1. The first kappa shape index (κ1) is 28.1. The van der Waals surface area contributed by atoms with Crippen molar-refractivity contribution < 1.29 is 27.9 Å². The summed E-state index contributed by atoms with van der Waals surface area (Å²) in [5, 5.41) is 0.728. The molecular weight excluding hydrogens is 509 g/mol. The molecule has 1 unspecified atom stereocenters. The summed E-state index contributed by atoms with van der Waals surface area (Å²) in [5.74, 6) is -0.140. The summed E-state index contributed by atoms with van der Waals surface area (Å²) >= 11 is 0. The topological polar surface area (TPSA) is 76.8 Å². The Labute approximate surface area is 234 Å². The maximum Gasteiger partial charge on any atom is 0.374 e. The minimum absolute atomic E-state index is 0.00732. The van der Waals surface area contributed by atoms with E-state index in [4.69, 9.17) is 9.15 Å². The summed E-state index contributed by atoms with van der Waals surface area (Å²) in [6.07, 6.45) is 4.13. The number of rotatable bonds is 9. The standard InChI is InChI=1S/C33H38FNO5/c1-3-39-33(38)30-19-26-17-22(9-14-29(26)40-30)18-28(36)31-27(24-7-5-4-6-8-24)15-16-35(31)32(37)25-12-10-23(11-13-25)21(2)20-34/h4-9,14,17,19,21,23,25,27,31H,3,10-13,15-16,18,20H2,1-2H3/t21?,23?,25?,27-,31+/m1/s1. The zero-order valence-corrected chi connectivity index (χ0v) is 23.3. The van der Waals surface area contributed by atoms with Crippen molar-refractivity contribution >= 4 is 28.6 Å². The van der Waals surface area contributed by atoms with Crippen LogP contribution in [0.1, 0.15) is 73.6 Å². The number of hydrogen-bond acceptors (Lipinski definition) is 5. The van der Waals surface area contributed by atoms with Gasteiger partial charge in [-0.15, -0.1) is 0 Å². The number of furan rings is 1. The Kier molecular flexibility index (Phi) is 8.67. The van der Waals surface area contributed by atoms with Gasteiger partial charge in [-0.1, -0.05) is 43.3 Å². The van der Waals surface area contributed by atoms with E-state index in [1.54, 1.807) is 19.1 Å². The van der Waals surface area contributed by atoms with Gasteiger partial charge in [0.2, 0.25) is 11.7 Å². The largest absolute Gasteiger partial charge is 0.460 e. The van der Waals surface area contributed by atoms with Gasteiger partial charge in [-0.05, 0) is 80.2 Å². The number of halogens is 1. The second-order valence-corrected chi connectivity index (χ2v) is 11.4. The van der Waals surface area contributed by atoms with Gasteiger partial charge in [-0.2, -0.15) is 0 Å². The molecule has 1 aliphatic carbocycles. The molecule has 3 aromatic rings. The quantitative estimate of drug-likeness (QED) is 0.285. The molecule has 1 amide bonds. The SMILES string of the molecule is CCOC(=O)c1cc2cc(CC(=O)[C@@H]3[C@@H](c4ccccc4)CCN3C(=O)C3CCC(C(C)CF)CC3)ccc2o1. The Balaban J connectivity index is 1.36. The van der Waals surface area contributed by atoms with Crippen LogP contribution in [0, 0.1) is 17.8 Å². The van der Waals surface area contributed by atoms with Gasteiger partial charge in [0, 0.05) is 30.2 Å². The summed E-state index contributed by atoms with van der Waals surface area (Å²) < 4.78 is 23.9. The lowest BCUT2D eigenvalue weighted by Crippen LogP contribution is -2.46. The van der Waals surface area contributed by atoms with Gasteiger partial charge in [-0.3, -0.25) is 14.0 Å². The molecular formula is C33H38FNO5. The van der Waals surface area contributed by atoms with E-state index < -0.39 is 12.0 Å². The molecule has 2 aliphatic rings. The first-order valence-electron chi connectivity index (χ1n) is 14.5. The summed E-state index contributed by atoms with van der Waals surface area (Å²) in [6, 6.07) is 16.6. The van der Waals surface area contributed by atoms with Crippen LogP contribution in [0.25, 0.3) is 11.0 Å².